The van der Waals surface area contributed by atoms with Gasteiger partial charge >= 0.3 is 11.9 Å². The summed E-state index contributed by atoms with van der Waals surface area (Å²) in [4.78, 5) is 26.4. The monoisotopic (exact) mass is 431 g/mol. The van der Waals surface area contributed by atoms with E-state index in [-0.39, 0.29) is 18.2 Å². The molecule has 0 unspecified atom stereocenters. The number of ether oxygens (including phenoxy) is 4. The van der Waals surface area contributed by atoms with E-state index in [1.54, 1.807) is 44.1 Å². The highest BCUT2D eigenvalue weighted by Gasteiger charge is 2.37. The van der Waals surface area contributed by atoms with Gasteiger partial charge in [-0.2, -0.15) is 0 Å². The number of nitrogens with zero attached hydrogens (tertiary/aromatic N) is 1. The summed E-state index contributed by atoms with van der Waals surface area (Å²) in [5.41, 5.74) is 0.516. The largest absolute Gasteiger partial charge is 0.490 e. The molecule has 0 aliphatic carbocycles. The van der Waals surface area contributed by atoms with E-state index in [0.717, 1.165) is 0 Å². The van der Waals surface area contributed by atoms with Gasteiger partial charge in [0.25, 0.3) is 0 Å². The first-order chi connectivity index (χ1) is 13.4. The minimum absolute atomic E-state index is 0.0512. The van der Waals surface area contributed by atoms with Gasteiger partial charge in [-0.05, 0) is 32.9 Å². The number of halogens is 1. The highest BCUT2D eigenvalue weighted by Crippen LogP contribution is 2.35. The number of carbonyl (C=O) groups excluding carboxylic acids is 2. The van der Waals surface area contributed by atoms with Gasteiger partial charge in [-0.1, -0.05) is 29.9 Å². The molecule has 0 spiro atoms. The van der Waals surface area contributed by atoms with Crippen molar-refractivity contribution in [2.45, 2.75) is 20.8 Å². The highest BCUT2D eigenvalue weighted by molar-refractivity contribution is 7.80. The number of benzene rings is 1. The molecular weight excluding hydrogens is 406 g/mol. The minimum Gasteiger partial charge on any atom is -0.490 e. The fourth-order valence-electron chi connectivity index (χ4n) is 2.40. The molecule has 1 aromatic carbocycles. The van der Waals surface area contributed by atoms with Crippen LogP contribution >= 0.6 is 23.8 Å². The smallest absolute Gasteiger partial charge is 0.327 e. The zero-order valence-electron chi connectivity index (χ0n) is 16.5. The molecule has 0 aliphatic heterocycles. The maximum absolute atomic E-state index is 12.4. The summed E-state index contributed by atoms with van der Waals surface area (Å²) in [6.07, 6.45) is 0. The van der Waals surface area contributed by atoms with Crippen LogP contribution in [-0.2, 0) is 23.8 Å². The number of rotatable bonds is 11. The fourth-order valence-corrected chi connectivity index (χ4v) is 3.11. The molecule has 28 heavy (non-hydrogen) atoms. The standard InChI is InChI=1S/C19H26ClNO6S/c1-5-21(13-9-8-10-14(16(13)20)27-12-11-24-4)17(28)15(18(22)25-6-2)19(23)26-7-3/h8-10,15H,5-7,11-12H2,1-4H3. The van der Waals surface area contributed by atoms with Crippen molar-refractivity contribution in [3.05, 3.63) is 23.2 Å². The average Bonchev–Trinajstić information content (AvgIpc) is 2.65. The van der Waals surface area contributed by atoms with Gasteiger partial charge in [0.05, 0.1) is 25.5 Å². The highest BCUT2D eigenvalue weighted by atomic mass is 35.5. The average molecular weight is 432 g/mol. The zero-order chi connectivity index (χ0) is 21.1. The van der Waals surface area contributed by atoms with E-state index in [0.29, 0.717) is 36.2 Å². The van der Waals surface area contributed by atoms with Crippen molar-refractivity contribution in [1.82, 2.24) is 0 Å². The summed E-state index contributed by atoms with van der Waals surface area (Å²) in [6, 6.07) is 5.19. The molecule has 7 nitrogen and oxygen atoms in total. The molecule has 0 bridgehead atoms. The summed E-state index contributed by atoms with van der Waals surface area (Å²) in [5, 5.41) is 0.314. The van der Waals surface area contributed by atoms with Crippen molar-refractivity contribution in [2.24, 2.45) is 5.92 Å². The molecule has 0 aliphatic rings. The first-order valence-electron chi connectivity index (χ1n) is 8.97. The van der Waals surface area contributed by atoms with Crippen LogP contribution in [0.5, 0.6) is 5.75 Å². The Kier molecular flexibility index (Phi) is 10.8. The second-order valence-corrected chi connectivity index (χ2v) is 6.25. The lowest BCUT2D eigenvalue weighted by molar-refractivity contribution is -0.157. The Bertz CT molecular complexity index is 666. The van der Waals surface area contributed by atoms with Crippen molar-refractivity contribution in [3.63, 3.8) is 0 Å². The molecule has 0 heterocycles. The lowest BCUT2D eigenvalue weighted by Gasteiger charge is -2.28. The Morgan fingerprint density at radius 2 is 1.71 bits per heavy atom. The Labute approximate surface area is 175 Å². The van der Waals surface area contributed by atoms with Gasteiger partial charge in [-0.15, -0.1) is 0 Å². The number of esters is 2. The van der Waals surface area contributed by atoms with Crippen molar-refractivity contribution in [2.75, 3.05) is 45.0 Å². The van der Waals surface area contributed by atoms with Crippen LogP contribution in [0.25, 0.3) is 0 Å². The molecule has 0 N–H and O–H groups in total. The SMILES string of the molecule is CCOC(=O)C(C(=O)OCC)C(=S)N(CC)c1cccc(OCCOC)c1Cl. The molecule has 0 saturated carbocycles. The van der Waals surface area contributed by atoms with Gasteiger partial charge in [0.1, 0.15) is 22.4 Å². The summed E-state index contributed by atoms with van der Waals surface area (Å²) >= 11 is 12.0. The summed E-state index contributed by atoms with van der Waals surface area (Å²) < 4.78 is 20.6. The van der Waals surface area contributed by atoms with Crippen molar-refractivity contribution in [1.29, 1.82) is 0 Å². The Hall–Kier alpha value is -1.90. The number of hydrogen-bond acceptors (Lipinski definition) is 7. The predicted octanol–water partition coefficient (Wildman–Crippen LogP) is 3.26. The molecule has 0 radical (unpaired) electrons. The van der Waals surface area contributed by atoms with Crippen LogP contribution in [0.3, 0.4) is 0 Å². The molecule has 1 aromatic rings. The van der Waals surface area contributed by atoms with Gasteiger partial charge in [-0.3, -0.25) is 9.59 Å². The Morgan fingerprint density at radius 1 is 1.11 bits per heavy atom. The minimum atomic E-state index is -1.36. The summed E-state index contributed by atoms with van der Waals surface area (Å²) in [5.74, 6) is -2.42. The molecule has 1 rings (SSSR count). The number of carbonyl (C=O) groups is 2. The number of methoxy groups -OCH3 is 1. The van der Waals surface area contributed by atoms with Crippen LogP contribution in [0, 0.1) is 5.92 Å². The van der Waals surface area contributed by atoms with E-state index in [4.69, 9.17) is 42.8 Å². The normalized spacial score (nSPS) is 10.5. The van der Waals surface area contributed by atoms with Gasteiger partial charge in [0.2, 0.25) is 5.92 Å². The lowest BCUT2D eigenvalue weighted by Crippen LogP contribution is -2.43. The second-order valence-electron chi connectivity index (χ2n) is 5.45. The van der Waals surface area contributed by atoms with E-state index < -0.39 is 17.9 Å². The van der Waals surface area contributed by atoms with Gasteiger partial charge in [0.15, 0.2) is 0 Å². The molecule has 0 fully saturated rings. The van der Waals surface area contributed by atoms with Crippen LogP contribution in [0.1, 0.15) is 20.8 Å². The Balaban J connectivity index is 3.21. The van der Waals surface area contributed by atoms with Crippen molar-refractivity contribution >= 4 is 46.4 Å². The van der Waals surface area contributed by atoms with E-state index in [9.17, 15) is 9.59 Å². The van der Waals surface area contributed by atoms with Gasteiger partial charge < -0.3 is 23.8 Å². The van der Waals surface area contributed by atoms with Crippen LogP contribution in [-0.4, -0.2) is 57.0 Å². The quantitative estimate of drug-likeness (QED) is 0.229. The van der Waals surface area contributed by atoms with Crippen LogP contribution in [0.2, 0.25) is 5.02 Å². The van der Waals surface area contributed by atoms with E-state index in [1.165, 1.54) is 0 Å². The lowest BCUT2D eigenvalue weighted by atomic mass is 10.1. The molecule has 0 amide bonds. The number of hydrogen-bond donors (Lipinski definition) is 0. The van der Waals surface area contributed by atoms with Gasteiger partial charge in [0, 0.05) is 13.7 Å². The zero-order valence-corrected chi connectivity index (χ0v) is 18.1. The molecule has 0 saturated heterocycles. The maximum Gasteiger partial charge on any atom is 0.327 e. The van der Waals surface area contributed by atoms with Crippen molar-refractivity contribution in [3.8, 4) is 5.75 Å². The predicted molar refractivity (Wildman–Crippen MR) is 111 cm³/mol. The summed E-state index contributed by atoms with van der Waals surface area (Å²) in [6.45, 7) is 6.47. The third-order valence-electron chi connectivity index (χ3n) is 3.65. The second kappa shape index (κ2) is 12.5. The van der Waals surface area contributed by atoms with E-state index in [2.05, 4.69) is 0 Å². The molecule has 156 valence electrons. The van der Waals surface area contributed by atoms with Crippen LogP contribution in [0.4, 0.5) is 5.69 Å². The van der Waals surface area contributed by atoms with Gasteiger partial charge in [-0.25, -0.2) is 0 Å². The van der Waals surface area contributed by atoms with Crippen LogP contribution < -0.4 is 9.64 Å². The third kappa shape index (κ3) is 6.32. The number of anilines is 1. The fraction of sp³-hybridized carbons (Fsp3) is 0.526. The number of thiocarbonyl (C=S) groups is 1. The molecule has 0 aromatic heterocycles. The third-order valence-corrected chi connectivity index (χ3v) is 4.49. The molecule has 9 heteroatoms. The first-order valence-corrected chi connectivity index (χ1v) is 9.76. The molecule has 0 atom stereocenters. The van der Waals surface area contributed by atoms with Crippen molar-refractivity contribution < 1.29 is 28.5 Å². The summed E-state index contributed by atoms with van der Waals surface area (Å²) in [7, 11) is 1.57. The van der Waals surface area contributed by atoms with E-state index in [1.807, 2.05) is 6.92 Å². The Morgan fingerprint density at radius 3 is 2.21 bits per heavy atom. The first kappa shape index (κ1) is 24.1. The van der Waals surface area contributed by atoms with E-state index >= 15 is 0 Å². The maximum atomic E-state index is 12.4. The molecular formula is C19H26ClNO6S. The topological polar surface area (TPSA) is 74.3 Å². The van der Waals surface area contributed by atoms with Crippen LogP contribution in [0.15, 0.2) is 18.2 Å².